The van der Waals surface area contributed by atoms with Gasteiger partial charge in [0.05, 0.1) is 25.2 Å². The van der Waals surface area contributed by atoms with Gasteiger partial charge >= 0.3 is 5.97 Å². The SMILES string of the molecule is CCCCCCCC/C=C\CCCC(CC(=O)NC(CO)C(O)CCCCCCCCCCCCCCCCC)OC(=O)CCCCC/C=C/C=C/CCCCCCCCC. The van der Waals surface area contributed by atoms with Crippen molar-refractivity contribution in [2.24, 2.45) is 0 Å². The number of unbranched alkanes of at least 4 members (excludes halogenated alkanes) is 31. The Bertz CT molecular complexity index is 1010. The molecule has 0 aromatic rings. The van der Waals surface area contributed by atoms with Crippen LogP contribution in [0.3, 0.4) is 0 Å². The summed E-state index contributed by atoms with van der Waals surface area (Å²) in [5.74, 6) is -0.526. The van der Waals surface area contributed by atoms with Gasteiger partial charge in [0.25, 0.3) is 0 Å². The lowest BCUT2D eigenvalue weighted by Gasteiger charge is -2.24. The number of aliphatic hydroxyl groups excluding tert-OH is 2. The monoisotopic (exact) mass is 858 g/mol. The van der Waals surface area contributed by atoms with Gasteiger partial charge < -0.3 is 20.3 Å². The molecule has 0 heterocycles. The lowest BCUT2D eigenvalue weighted by molar-refractivity contribution is -0.151. The zero-order chi connectivity index (χ0) is 44.5. The van der Waals surface area contributed by atoms with Gasteiger partial charge in [-0.3, -0.25) is 9.59 Å². The number of esters is 1. The molecule has 61 heavy (non-hydrogen) atoms. The Hall–Kier alpha value is -1.92. The minimum atomic E-state index is -0.797. The Morgan fingerprint density at radius 2 is 0.852 bits per heavy atom. The summed E-state index contributed by atoms with van der Waals surface area (Å²) < 4.78 is 5.90. The van der Waals surface area contributed by atoms with Crippen molar-refractivity contribution < 1.29 is 24.5 Å². The molecule has 0 aliphatic heterocycles. The van der Waals surface area contributed by atoms with Crippen molar-refractivity contribution in [2.75, 3.05) is 6.61 Å². The summed E-state index contributed by atoms with van der Waals surface area (Å²) >= 11 is 0. The van der Waals surface area contributed by atoms with Crippen LogP contribution in [0, 0.1) is 0 Å². The first kappa shape index (κ1) is 59.1. The van der Waals surface area contributed by atoms with Gasteiger partial charge in [-0.05, 0) is 70.6 Å². The lowest BCUT2D eigenvalue weighted by Crippen LogP contribution is -2.46. The second-order valence-electron chi connectivity index (χ2n) is 18.3. The number of ether oxygens (including phenoxy) is 1. The normalized spacial score (nSPS) is 13.5. The van der Waals surface area contributed by atoms with E-state index < -0.39 is 18.2 Å². The molecule has 0 bridgehead atoms. The minimum absolute atomic E-state index is 0.0483. The van der Waals surface area contributed by atoms with Crippen LogP contribution in [0.2, 0.25) is 0 Å². The summed E-state index contributed by atoms with van der Waals surface area (Å²) in [6.45, 7) is 6.47. The fraction of sp³-hybridized carbons (Fsp3) is 0.855. The van der Waals surface area contributed by atoms with Gasteiger partial charge in [-0.2, -0.15) is 0 Å². The van der Waals surface area contributed by atoms with E-state index in [4.69, 9.17) is 4.74 Å². The van der Waals surface area contributed by atoms with Crippen molar-refractivity contribution in [3.8, 4) is 0 Å². The van der Waals surface area contributed by atoms with E-state index in [1.165, 1.54) is 161 Å². The molecule has 358 valence electrons. The average molecular weight is 858 g/mol. The topological polar surface area (TPSA) is 95.9 Å². The number of nitrogens with one attached hydrogen (secondary N) is 1. The Labute approximate surface area is 379 Å². The Kier molecular flexibility index (Phi) is 47.6. The maximum absolute atomic E-state index is 13.2. The summed E-state index contributed by atoms with van der Waals surface area (Å²) in [5, 5.41) is 23.8. The molecule has 3 atom stereocenters. The van der Waals surface area contributed by atoms with Crippen LogP contribution in [0.4, 0.5) is 0 Å². The molecule has 0 aliphatic rings. The summed E-state index contributed by atoms with van der Waals surface area (Å²) in [6.07, 6.45) is 57.8. The molecule has 0 radical (unpaired) electrons. The second-order valence-corrected chi connectivity index (χ2v) is 18.3. The van der Waals surface area contributed by atoms with Crippen LogP contribution in [-0.2, 0) is 14.3 Å². The molecule has 3 N–H and O–H groups in total. The number of amides is 1. The van der Waals surface area contributed by atoms with Crippen LogP contribution in [0.1, 0.15) is 278 Å². The number of allylic oxidation sites excluding steroid dienone is 6. The highest BCUT2D eigenvalue weighted by atomic mass is 16.5. The van der Waals surface area contributed by atoms with E-state index >= 15 is 0 Å². The van der Waals surface area contributed by atoms with E-state index in [2.05, 4.69) is 62.5 Å². The van der Waals surface area contributed by atoms with Crippen LogP contribution in [0.25, 0.3) is 0 Å². The summed E-state index contributed by atoms with van der Waals surface area (Å²) in [7, 11) is 0. The predicted molar refractivity (Wildman–Crippen MR) is 264 cm³/mol. The molecule has 0 aromatic carbocycles. The zero-order valence-corrected chi connectivity index (χ0v) is 40.8. The maximum Gasteiger partial charge on any atom is 0.306 e. The van der Waals surface area contributed by atoms with Crippen molar-refractivity contribution in [1.82, 2.24) is 5.32 Å². The van der Waals surface area contributed by atoms with Crippen LogP contribution >= 0.6 is 0 Å². The molecule has 3 unspecified atom stereocenters. The number of aliphatic hydroxyl groups is 2. The van der Waals surface area contributed by atoms with E-state index in [1.807, 2.05) is 0 Å². The number of hydrogen-bond donors (Lipinski definition) is 3. The standard InChI is InChI=1S/C55H103NO5/c1-4-7-10-13-16-19-22-24-26-28-30-33-36-39-42-45-48-55(60)61-51(46-43-40-37-34-31-21-18-15-12-9-6-3)49-54(59)56-52(50-57)53(58)47-44-41-38-35-32-29-27-25-23-20-17-14-11-8-5-2/h26,28,30,33-34,37,51-53,57-58H,4-25,27,29,31-32,35-36,38-50H2,1-3H3,(H,56,59)/b28-26+,33-30+,37-34-. The van der Waals surface area contributed by atoms with Gasteiger partial charge in [0.1, 0.15) is 6.10 Å². The Morgan fingerprint density at radius 1 is 0.475 bits per heavy atom. The van der Waals surface area contributed by atoms with Crippen LogP contribution in [-0.4, -0.2) is 46.9 Å². The van der Waals surface area contributed by atoms with Crippen molar-refractivity contribution in [2.45, 2.75) is 296 Å². The first-order valence-corrected chi connectivity index (χ1v) is 26.7. The largest absolute Gasteiger partial charge is 0.462 e. The molecule has 0 aliphatic carbocycles. The van der Waals surface area contributed by atoms with E-state index in [1.54, 1.807) is 0 Å². The molecule has 0 fully saturated rings. The van der Waals surface area contributed by atoms with Crippen LogP contribution in [0.15, 0.2) is 36.5 Å². The van der Waals surface area contributed by atoms with Gasteiger partial charge in [-0.15, -0.1) is 0 Å². The molecule has 0 aromatic heterocycles. The van der Waals surface area contributed by atoms with E-state index in [-0.39, 0.29) is 24.9 Å². The van der Waals surface area contributed by atoms with Gasteiger partial charge in [0, 0.05) is 6.42 Å². The van der Waals surface area contributed by atoms with Crippen molar-refractivity contribution in [3.05, 3.63) is 36.5 Å². The van der Waals surface area contributed by atoms with Crippen molar-refractivity contribution in [1.29, 1.82) is 0 Å². The number of hydrogen-bond acceptors (Lipinski definition) is 5. The molecule has 0 saturated heterocycles. The number of rotatable bonds is 48. The molecule has 6 nitrogen and oxygen atoms in total. The fourth-order valence-corrected chi connectivity index (χ4v) is 8.13. The third-order valence-electron chi connectivity index (χ3n) is 12.2. The molecule has 1 amide bonds. The average Bonchev–Trinajstić information content (AvgIpc) is 3.25. The van der Waals surface area contributed by atoms with Gasteiger partial charge in [-0.1, -0.05) is 231 Å². The first-order chi connectivity index (χ1) is 30.0. The molecular formula is C55H103NO5. The number of carbonyl (C=O) groups is 2. The Balaban J connectivity index is 4.56. The molecule has 6 heteroatoms. The smallest absolute Gasteiger partial charge is 0.306 e. The molecule has 0 rings (SSSR count). The van der Waals surface area contributed by atoms with Crippen LogP contribution < -0.4 is 5.32 Å². The van der Waals surface area contributed by atoms with E-state index in [0.717, 1.165) is 70.6 Å². The van der Waals surface area contributed by atoms with Crippen LogP contribution in [0.5, 0.6) is 0 Å². The summed E-state index contributed by atoms with van der Waals surface area (Å²) in [5.41, 5.74) is 0. The van der Waals surface area contributed by atoms with E-state index in [0.29, 0.717) is 19.3 Å². The molecule has 0 saturated carbocycles. The lowest BCUT2D eigenvalue weighted by atomic mass is 10.0. The quantitative estimate of drug-likeness (QED) is 0.0245. The summed E-state index contributed by atoms with van der Waals surface area (Å²) in [6, 6.07) is -0.713. The third-order valence-corrected chi connectivity index (χ3v) is 12.2. The minimum Gasteiger partial charge on any atom is -0.462 e. The number of carbonyl (C=O) groups excluding carboxylic acids is 2. The van der Waals surface area contributed by atoms with Gasteiger partial charge in [0.2, 0.25) is 5.91 Å². The van der Waals surface area contributed by atoms with Crippen molar-refractivity contribution in [3.63, 3.8) is 0 Å². The highest BCUT2D eigenvalue weighted by Gasteiger charge is 2.24. The van der Waals surface area contributed by atoms with Gasteiger partial charge in [-0.25, -0.2) is 0 Å². The zero-order valence-electron chi connectivity index (χ0n) is 40.8. The first-order valence-electron chi connectivity index (χ1n) is 26.7. The van der Waals surface area contributed by atoms with Gasteiger partial charge in [0.15, 0.2) is 0 Å². The highest BCUT2D eigenvalue weighted by Crippen LogP contribution is 2.17. The van der Waals surface area contributed by atoms with Crippen molar-refractivity contribution >= 4 is 11.9 Å². The molecular weight excluding hydrogens is 755 g/mol. The fourth-order valence-electron chi connectivity index (χ4n) is 8.13. The predicted octanol–water partition coefficient (Wildman–Crippen LogP) is 16.1. The van der Waals surface area contributed by atoms with E-state index in [9.17, 15) is 19.8 Å². The highest BCUT2D eigenvalue weighted by molar-refractivity contribution is 5.77. The third kappa shape index (κ3) is 44.5. The maximum atomic E-state index is 13.2. The second kappa shape index (κ2) is 49.1. The Morgan fingerprint density at radius 3 is 1.30 bits per heavy atom. The molecule has 0 spiro atoms. The summed E-state index contributed by atoms with van der Waals surface area (Å²) in [4.78, 5) is 26.1.